The molecule has 0 spiro atoms. The quantitative estimate of drug-likeness (QED) is 0.353. The van der Waals surface area contributed by atoms with Crippen LogP contribution in [-0.4, -0.2) is 93.4 Å². The van der Waals surface area contributed by atoms with Gasteiger partial charge in [0.1, 0.15) is 16.4 Å². The maximum absolute atomic E-state index is 12.4. The van der Waals surface area contributed by atoms with Gasteiger partial charge in [0.2, 0.25) is 5.91 Å². The van der Waals surface area contributed by atoms with Crippen LogP contribution < -0.4 is 10.2 Å². The molecule has 2 rings (SSSR count). The molecule has 1 fully saturated rings. The highest BCUT2D eigenvalue weighted by Gasteiger charge is 2.27. The van der Waals surface area contributed by atoms with Gasteiger partial charge in [-0.3, -0.25) is 14.5 Å². The fourth-order valence-electron chi connectivity index (χ4n) is 2.55. The lowest BCUT2D eigenvalue weighted by Crippen LogP contribution is -2.55. The number of sulfone groups is 1. The summed E-state index contributed by atoms with van der Waals surface area (Å²) in [4.78, 5) is 20.2. The molecular formula is C15H26N6O4S. The molecule has 1 aliphatic heterocycles. The van der Waals surface area contributed by atoms with Crippen molar-refractivity contribution in [2.45, 2.75) is 0 Å². The number of rotatable bonds is 7. The largest absolute Gasteiger partial charge is 0.379 e. The standard InChI is InChI=1S/C15H26N6O4S/c1-16-15(17-4-7-25-8-9-26(3,23)24)20-5-6-21(14(22)12-20)13-10-18-19(2)11-13/h10-11H,4-9,12H2,1-3H3,(H,16,17). The van der Waals surface area contributed by atoms with Crippen molar-refractivity contribution >= 4 is 27.4 Å². The van der Waals surface area contributed by atoms with Gasteiger partial charge in [-0.1, -0.05) is 0 Å². The van der Waals surface area contributed by atoms with E-state index in [1.165, 1.54) is 6.26 Å². The Labute approximate surface area is 153 Å². The van der Waals surface area contributed by atoms with Crippen LogP contribution in [-0.2, 0) is 26.4 Å². The molecule has 146 valence electrons. The topological polar surface area (TPSA) is 109 Å². The Balaban J connectivity index is 1.76. The monoisotopic (exact) mass is 386 g/mol. The van der Waals surface area contributed by atoms with Gasteiger partial charge in [0.05, 0.1) is 30.9 Å². The zero-order chi connectivity index (χ0) is 19.2. The van der Waals surface area contributed by atoms with E-state index in [9.17, 15) is 13.2 Å². The van der Waals surface area contributed by atoms with Gasteiger partial charge in [-0.05, 0) is 0 Å². The van der Waals surface area contributed by atoms with Crippen LogP contribution in [0.5, 0.6) is 0 Å². The predicted octanol–water partition coefficient (Wildman–Crippen LogP) is -1.29. The van der Waals surface area contributed by atoms with Crippen molar-refractivity contribution in [2.24, 2.45) is 12.0 Å². The highest BCUT2D eigenvalue weighted by molar-refractivity contribution is 7.90. The zero-order valence-corrected chi connectivity index (χ0v) is 16.2. The fourth-order valence-corrected chi connectivity index (χ4v) is 2.97. The van der Waals surface area contributed by atoms with E-state index in [0.717, 1.165) is 5.69 Å². The number of carbonyl (C=O) groups is 1. The Bertz CT molecular complexity index is 745. The number of aryl methyl sites for hydroxylation is 1. The first-order chi connectivity index (χ1) is 12.3. The number of ether oxygens (including phenoxy) is 1. The van der Waals surface area contributed by atoms with Crippen molar-refractivity contribution < 1.29 is 17.9 Å². The van der Waals surface area contributed by atoms with Crippen molar-refractivity contribution in [2.75, 3.05) is 63.3 Å². The Hall–Kier alpha value is -2.14. The molecule has 0 aliphatic carbocycles. The van der Waals surface area contributed by atoms with Crippen molar-refractivity contribution in [3.8, 4) is 0 Å². The number of piperazine rings is 1. The predicted molar refractivity (Wildman–Crippen MR) is 99.0 cm³/mol. The molecule has 11 heteroatoms. The molecule has 0 radical (unpaired) electrons. The molecule has 0 unspecified atom stereocenters. The van der Waals surface area contributed by atoms with Crippen molar-refractivity contribution in [1.82, 2.24) is 20.0 Å². The Morgan fingerprint density at radius 1 is 1.38 bits per heavy atom. The van der Waals surface area contributed by atoms with E-state index in [1.807, 2.05) is 18.1 Å². The minimum atomic E-state index is -3.01. The molecule has 10 nitrogen and oxygen atoms in total. The summed E-state index contributed by atoms with van der Waals surface area (Å²) in [6.07, 6.45) is 4.67. The van der Waals surface area contributed by atoms with Gasteiger partial charge in [-0.15, -0.1) is 0 Å². The minimum Gasteiger partial charge on any atom is -0.379 e. The number of carbonyl (C=O) groups excluding carboxylic acids is 1. The molecular weight excluding hydrogens is 360 g/mol. The highest BCUT2D eigenvalue weighted by atomic mass is 32.2. The summed E-state index contributed by atoms with van der Waals surface area (Å²) >= 11 is 0. The maximum Gasteiger partial charge on any atom is 0.246 e. The molecule has 26 heavy (non-hydrogen) atoms. The van der Waals surface area contributed by atoms with Crippen LogP contribution in [0, 0.1) is 0 Å². The average Bonchev–Trinajstić information content (AvgIpc) is 2.99. The van der Waals surface area contributed by atoms with E-state index in [0.29, 0.717) is 32.2 Å². The lowest BCUT2D eigenvalue weighted by molar-refractivity contribution is -0.120. The molecule has 0 aromatic carbocycles. The number of anilines is 1. The van der Waals surface area contributed by atoms with Gasteiger partial charge < -0.3 is 19.9 Å². The summed E-state index contributed by atoms with van der Waals surface area (Å²) < 4.78 is 29.0. The number of amides is 1. The summed E-state index contributed by atoms with van der Waals surface area (Å²) in [5.41, 5.74) is 0.791. The molecule has 1 aliphatic rings. The molecule has 0 atom stereocenters. The number of nitrogens with one attached hydrogen (secondary N) is 1. The summed E-state index contributed by atoms with van der Waals surface area (Å²) in [6, 6.07) is 0. The van der Waals surface area contributed by atoms with Gasteiger partial charge in [-0.2, -0.15) is 5.10 Å². The first-order valence-electron chi connectivity index (χ1n) is 8.30. The van der Waals surface area contributed by atoms with E-state index >= 15 is 0 Å². The van der Waals surface area contributed by atoms with E-state index in [1.54, 1.807) is 22.8 Å². The number of guanidine groups is 1. The van der Waals surface area contributed by atoms with Crippen LogP contribution in [0.1, 0.15) is 0 Å². The maximum atomic E-state index is 12.4. The molecule has 1 aromatic rings. The van der Waals surface area contributed by atoms with Crippen LogP contribution in [0.25, 0.3) is 0 Å². The van der Waals surface area contributed by atoms with Gasteiger partial charge in [0.25, 0.3) is 0 Å². The number of nitrogens with zero attached hydrogens (tertiary/aromatic N) is 5. The molecule has 1 saturated heterocycles. The third kappa shape index (κ3) is 5.99. The minimum absolute atomic E-state index is 0.00648. The second-order valence-electron chi connectivity index (χ2n) is 6.06. The summed E-state index contributed by atoms with van der Waals surface area (Å²) in [5, 5.41) is 7.23. The van der Waals surface area contributed by atoms with Crippen molar-refractivity contribution in [1.29, 1.82) is 0 Å². The Kier molecular flexibility index (Phi) is 6.98. The number of aliphatic imine (C=N–C) groups is 1. The summed E-state index contributed by atoms with van der Waals surface area (Å²) in [6.45, 7) is 2.43. The van der Waals surface area contributed by atoms with Gasteiger partial charge >= 0.3 is 0 Å². The zero-order valence-electron chi connectivity index (χ0n) is 15.4. The SMILES string of the molecule is CN=C(NCCOCCS(C)(=O)=O)N1CCN(c2cnn(C)c2)C(=O)C1. The fraction of sp³-hybridized carbons (Fsp3) is 0.667. The van der Waals surface area contributed by atoms with E-state index < -0.39 is 9.84 Å². The first kappa shape index (κ1) is 20.2. The van der Waals surface area contributed by atoms with Crippen LogP contribution in [0.15, 0.2) is 17.4 Å². The van der Waals surface area contributed by atoms with Gasteiger partial charge in [-0.25, -0.2) is 8.42 Å². The van der Waals surface area contributed by atoms with Crippen LogP contribution >= 0.6 is 0 Å². The van der Waals surface area contributed by atoms with E-state index in [-0.39, 0.29) is 24.8 Å². The molecule has 1 N–H and O–H groups in total. The van der Waals surface area contributed by atoms with E-state index in [2.05, 4.69) is 15.4 Å². The summed E-state index contributed by atoms with van der Waals surface area (Å²) in [5.74, 6) is 0.611. The van der Waals surface area contributed by atoms with Gasteiger partial charge in [0.15, 0.2) is 5.96 Å². The van der Waals surface area contributed by atoms with Crippen LogP contribution in [0.3, 0.4) is 0 Å². The first-order valence-corrected chi connectivity index (χ1v) is 10.4. The lowest BCUT2D eigenvalue weighted by Gasteiger charge is -2.35. The second-order valence-corrected chi connectivity index (χ2v) is 8.32. The highest BCUT2D eigenvalue weighted by Crippen LogP contribution is 2.15. The number of hydrogen-bond acceptors (Lipinski definition) is 6. The van der Waals surface area contributed by atoms with Crippen molar-refractivity contribution in [3.05, 3.63) is 12.4 Å². The third-order valence-electron chi connectivity index (χ3n) is 3.86. The lowest BCUT2D eigenvalue weighted by atomic mass is 10.3. The second kappa shape index (κ2) is 8.99. The molecule has 0 saturated carbocycles. The third-order valence-corrected chi connectivity index (χ3v) is 4.77. The van der Waals surface area contributed by atoms with Gasteiger partial charge in [0, 0.05) is 46.2 Å². The smallest absolute Gasteiger partial charge is 0.246 e. The molecule has 0 bridgehead atoms. The Morgan fingerprint density at radius 2 is 2.15 bits per heavy atom. The summed E-state index contributed by atoms with van der Waals surface area (Å²) in [7, 11) is 0.463. The number of hydrogen-bond donors (Lipinski definition) is 1. The Morgan fingerprint density at radius 3 is 2.73 bits per heavy atom. The number of aromatic nitrogens is 2. The average molecular weight is 386 g/mol. The molecule has 1 aromatic heterocycles. The molecule has 2 heterocycles. The van der Waals surface area contributed by atoms with E-state index in [4.69, 9.17) is 4.74 Å². The van der Waals surface area contributed by atoms with Crippen LogP contribution in [0.2, 0.25) is 0 Å². The molecule has 1 amide bonds. The normalized spacial score (nSPS) is 16.3. The van der Waals surface area contributed by atoms with Crippen molar-refractivity contribution in [3.63, 3.8) is 0 Å². The van der Waals surface area contributed by atoms with Crippen LogP contribution in [0.4, 0.5) is 5.69 Å².